The van der Waals surface area contributed by atoms with Gasteiger partial charge in [-0.2, -0.15) is 0 Å². The molecule has 3 rings (SSSR count). The summed E-state index contributed by atoms with van der Waals surface area (Å²) in [6.07, 6.45) is 0. The van der Waals surface area contributed by atoms with E-state index in [0.717, 1.165) is 22.0 Å². The van der Waals surface area contributed by atoms with E-state index in [1.54, 1.807) is 24.3 Å². The van der Waals surface area contributed by atoms with Crippen molar-refractivity contribution in [2.24, 2.45) is 0 Å². The maximum atomic E-state index is 12.9. The minimum atomic E-state index is -0.261. The van der Waals surface area contributed by atoms with Crippen molar-refractivity contribution in [1.82, 2.24) is 4.98 Å². The number of halogens is 2. The van der Waals surface area contributed by atoms with Gasteiger partial charge in [-0.3, -0.25) is 0 Å². The summed E-state index contributed by atoms with van der Waals surface area (Å²) in [5, 5.41) is 5.89. The standard InChI is InChI=1S/C16H12F2N2S/c17-13-5-1-11(2-6-13)9-19-16-20-15(10-21-16)12-3-7-14(18)8-4-12/h1-8,10H,9H2,(H,19,20). The lowest BCUT2D eigenvalue weighted by molar-refractivity contribution is 0.627. The Hall–Kier alpha value is -2.27. The van der Waals surface area contributed by atoms with Crippen molar-refractivity contribution in [1.29, 1.82) is 0 Å². The highest BCUT2D eigenvalue weighted by atomic mass is 32.1. The van der Waals surface area contributed by atoms with E-state index in [2.05, 4.69) is 10.3 Å². The highest BCUT2D eigenvalue weighted by Crippen LogP contribution is 2.25. The van der Waals surface area contributed by atoms with E-state index >= 15 is 0 Å². The third-order valence-electron chi connectivity index (χ3n) is 3.00. The first-order valence-electron chi connectivity index (χ1n) is 6.40. The first kappa shape index (κ1) is 13.7. The van der Waals surface area contributed by atoms with E-state index in [4.69, 9.17) is 0 Å². The molecule has 0 fully saturated rings. The lowest BCUT2D eigenvalue weighted by atomic mass is 10.2. The number of hydrogen-bond acceptors (Lipinski definition) is 3. The van der Waals surface area contributed by atoms with E-state index in [1.165, 1.54) is 35.6 Å². The van der Waals surface area contributed by atoms with Crippen LogP contribution < -0.4 is 5.32 Å². The van der Waals surface area contributed by atoms with Gasteiger partial charge >= 0.3 is 0 Å². The number of nitrogens with one attached hydrogen (secondary N) is 1. The summed E-state index contributed by atoms with van der Waals surface area (Å²) < 4.78 is 25.7. The zero-order chi connectivity index (χ0) is 14.7. The molecule has 1 aromatic heterocycles. The van der Waals surface area contributed by atoms with Gasteiger partial charge in [-0.05, 0) is 42.0 Å². The monoisotopic (exact) mass is 302 g/mol. The second kappa shape index (κ2) is 6.01. The summed E-state index contributed by atoms with van der Waals surface area (Å²) in [4.78, 5) is 4.45. The van der Waals surface area contributed by atoms with Crippen LogP contribution in [0.3, 0.4) is 0 Å². The van der Waals surface area contributed by atoms with Crippen LogP contribution in [-0.4, -0.2) is 4.98 Å². The molecule has 0 aliphatic carbocycles. The molecule has 1 heterocycles. The largest absolute Gasteiger partial charge is 0.357 e. The molecule has 1 N–H and O–H groups in total. The summed E-state index contributed by atoms with van der Waals surface area (Å²) >= 11 is 1.48. The van der Waals surface area contributed by atoms with Crippen molar-refractivity contribution in [3.05, 3.63) is 71.1 Å². The molecule has 0 aliphatic rings. The molecule has 106 valence electrons. The maximum absolute atomic E-state index is 12.9. The number of aromatic nitrogens is 1. The Morgan fingerprint density at radius 2 is 1.52 bits per heavy atom. The van der Waals surface area contributed by atoms with Gasteiger partial charge in [-0.15, -0.1) is 11.3 Å². The number of anilines is 1. The predicted octanol–water partition coefficient (Wildman–Crippen LogP) is 4.70. The third kappa shape index (κ3) is 3.44. The Kier molecular flexibility index (Phi) is 3.92. The molecule has 2 nitrogen and oxygen atoms in total. The SMILES string of the molecule is Fc1ccc(CNc2nc(-c3ccc(F)cc3)cs2)cc1. The van der Waals surface area contributed by atoms with E-state index in [9.17, 15) is 8.78 Å². The Morgan fingerprint density at radius 1 is 0.905 bits per heavy atom. The maximum Gasteiger partial charge on any atom is 0.183 e. The van der Waals surface area contributed by atoms with Gasteiger partial charge in [-0.25, -0.2) is 13.8 Å². The molecule has 21 heavy (non-hydrogen) atoms. The number of benzene rings is 2. The van der Waals surface area contributed by atoms with Crippen LogP contribution >= 0.6 is 11.3 Å². The molecule has 0 saturated heterocycles. The van der Waals surface area contributed by atoms with Crippen LogP contribution in [0.25, 0.3) is 11.3 Å². The molecule has 0 aliphatic heterocycles. The minimum absolute atomic E-state index is 0.244. The van der Waals surface area contributed by atoms with Gasteiger partial charge in [0, 0.05) is 17.5 Å². The van der Waals surface area contributed by atoms with Gasteiger partial charge < -0.3 is 5.32 Å². The molecule has 0 unspecified atom stereocenters. The smallest absolute Gasteiger partial charge is 0.183 e. The number of nitrogens with zero attached hydrogens (tertiary/aromatic N) is 1. The molecule has 0 amide bonds. The van der Waals surface area contributed by atoms with Crippen molar-refractivity contribution in [3.63, 3.8) is 0 Å². The minimum Gasteiger partial charge on any atom is -0.357 e. The summed E-state index contributed by atoms with van der Waals surface area (Å²) in [6, 6.07) is 12.6. The lowest BCUT2D eigenvalue weighted by Crippen LogP contribution is -1.98. The number of hydrogen-bond donors (Lipinski definition) is 1. The Balaban J connectivity index is 1.67. The van der Waals surface area contributed by atoms with E-state index < -0.39 is 0 Å². The second-order valence-corrected chi connectivity index (χ2v) is 5.38. The second-order valence-electron chi connectivity index (χ2n) is 4.52. The highest BCUT2D eigenvalue weighted by molar-refractivity contribution is 7.14. The van der Waals surface area contributed by atoms with Gasteiger partial charge in [0.05, 0.1) is 5.69 Å². The average Bonchev–Trinajstić information content (AvgIpc) is 2.96. The fourth-order valence-electron chi connectivity index (χ4n) is 1.89. The van der Waals surface area contributed by atoms with E-state index in [-0.39, 0.29) is 11.6 Å². The van der Waals surface area contributed by atoms with Crippen molar-refractivity contribution in [3.8, 4) is 11.3 Å². The molecule has 0 atom stereocenters. The Bertz CT molecular complexity index is 721. The van der Waals surface area contributed by atoms with Crippen LogP contribution in [0.1, 0.15) is 5.56 Å². The fourth-order valence-corrected chi connectivity index (χ4v) is 2.61. The molecule has 0 saturated carbocycles. The molecule has 0 spiro atoms. The number of rotatable bonds is 4. The van der Waals surface area contributed by atoms with Crippen molar-refractivity contribution >= 4 is 16.5 Å². The molecular weight excluding hydrogens is 290 g/mol. The average molecular weight is 302 g/mol. The van der Waals surface area contributed by atoms with Crippen molar-refractivity contribution in [2.75, 3.05) is 5.32 Å². The topological polar surface area (TPSA) is 24.9 Å². The number of thiazole rings is 1. The van der Waals surface area contributed by atoms with Crippen molar-refractivity contribution in [2.45, 2.75) is 6.54 Å². The van der Waals surface area contributed by atoms with Crippen LogP contribution in [0.5, 0.6) is 0 Å². The Labute approximate surface area is 125 Å². The van der Waals surface area contributed by atoms with Crippen LogP contribution in [-0.2, 0) is 6.54 Å². The van der Waals surface area contributed by atoms with Gasteiger partial charge in [0.2, 0.25) is 0 Å². The zero-order valence-electron chi connectivity index (χ0n) is 11.0. The molecule has 0 radical (unpaired) electrons. The quantitative estimate of drug-likeness (QED) is 0.755. The first-order chi connectivity index (χ1) is 10.2. The molecule has 3 aromatic rings. The highest BCUT2D eigenvalue weighted by Gasteiger charge is 2.04. The molecule has 2 aromatic carbocycles. The van der Waals surface area contributed by atoms with Gasteiger partial charge in [0.1, 0.15) is 11.6 Å². The van der Waals surface area contributed by atoms with Gasteiger partial charge in [0.15, 0.2) is 5.13 Å². The third-order valence-corrected chi connectivity index (χ3v) is 3.80. The first-order valence-corrected chi connectivity index (χ1v) is 7.28. The summed E-state index contributed by atoms with van der Waals surface area (Å²) in [6.45, 7) is 0.580. The zero-order valence-corrected chi connectivity index (χ0v) is 11.8. The fraction of sp³-hybridized carbons (Fsp3) is 0.0625. The summed E-state index contributed by atoms with van der Waals surface area (Å²) in [5.41, 5.74) is 2.67. The molecule has 0 bridgehead atoms. The normalized spacial score (nSPS) is 10.6. The van der Waals surface area contributed by atoms with E-state index in [0.29, 0.717) is 6.54 Å². The van der Waals surface area contributed by atoms with E-state index in [1.807, 2.05) is 5.38 Å². The predicted molar refractivity (Wildman–Crippen MR) is 81.2 cm³/mol. The molecule has 5 heteroatoms. The van der Waals surface area contributed by atoms with Crippen LogP contribution in [0.4, 0.5) is 13.9 Å². The molecular formula is C16H12F2N2S. The summed E-state index contributed by atoms with van der Waals surface area (Å²) in [5.74, 6) is -0.504. The van der Waals surface area contributed by atoms with Crippen LogP contribution in [0.2, 0.25) is 0 Å². The lowest BCUT2D eigenvalue weighted by Gasteiger charge is -2.02. The van der Waals surface area contributed by atoms with Gasteiger partial charge in [-0.1, -0.05) is 12.1 Å². The van der Waals surface area contributed by atoms with Gasteiger partial charge in [0.25, 0.3) is 0 Å². The van der Waals surface area contributed by atoms with Crippen LogP contribution in [0, 0.1) is 11.6 Å². The van der Waals surface area contributed by atoms with Crippen molar-refractivity contribution < 1.29 is 8.78 Å². The Morgan fingerprint density at radius 3 is 2.19 bits per heavy atom. The van der Waals surface area contributed by atoms with Crippen LogP contribution in [0.15, 0.2) is 53.9 Å². The summed E-state index contributed by atoms with van der Waals surface area (Å²) in [7, 11) is 0.